The van der Waals surface area contributed by atoms with E-state index >= 15 is 0 Å². The zero-order chi connectivity index (χ0) is 14.0. The maximum Gasteiger partial charge on any atom is 0.255 e. The molecule has 1 unspecified atom stereocenters. The van der Waals surface area contributed by atoms with Crippen LogP contribution in [0.25, 0.3) is 0 Å². The maximum absolute atomic E-state index is 12.7. The van der Waals surface area contributed by atoms with Crippen LogP contribution >= 0.6 is 0 Å². The van der Waals surface area contributed by atoms with Crippen LogP contribution in [0.2, 0.25) is 0 Å². The average Bonchev–Trinajstić information content (AvgIpc) is 3.23. The highest BCUT2D eigenvalue weighted by molar-refractivity contribution is 5.99. The molecule has 1 aliphatic carbocycles. The first-order valence-electron chi connectivity index (χ1n) is 7.16. The Morgan fingerprint density at radius 1 is 1.47 bits per heavy atom. The van der Waals surface area contributed by atoms with Crippen LogP contribution in [0.5, 0.6) is 0 Å². The summed E-state index contributed by atoms with van der Waals surface area (Å²) in [6.07, 6.45) is 2.51. The third-order valence-corrected chi connectivity index (χ3v) is 4.01. The molecule has 1 atom stereocenters. The highest BCUT2D eigenvalue weighted by Gasteiger charge is 2.33. The number of rotatable bonds is 5. The molecule has 0 aliphatic heterocycles. The summed E-state index contributed by atoms with van der Waals surface area (Å²) in [6.45, 7) is 7.05. The Balaban J connectivity index is 2.23. The van der Waals surface area contributed by atoms with E-state index in [1.807, 2.05) is 44.0 Å². The molecule has 0 radical (unpaired) electrons. The van der Waals surface area contributed by atoms with E-state index < -0.39 is 0 Å². The molecule has 1 aromatic carbocycles. The number of hydrogen-bond donors (Lipinski definition) is 1. The summed E-state index contributed by atoms with van der Waals surface area (Å²) in [5.41, 5.74) is 2.85. The topological polar surface area (TPSA) is 32.3 Å². The van der Waals surface area contributed by atoms with Gasteiger partial charge < -0.3 is 10.2 Å². The van der Waals surface area contributed by atoms with E-state index in [0.29, 0.717) is 12.0 Å². The van der Waals surface area contributed by atoms with Crippen LogP contribution in [-0.2, 0) is 0 Å². The molecule has 3 nitrogen and oxygen atoms in total. The number of anilines is 1. The third kappa shape index (κ3) is 3.09. The Bertz CT molecular complexity index is 466. The number of amides is 1. The minimum atomic E-state index is 0.124. The molecule has 0 heterocycles. The third-order valence-electron chi connectivity index (χ3n) is 4.01. The molecule has 0 aromatic heterocycles. The van der Waals surface area contributed by atoms with E-state index in [9.17, 15) is 4.79 Å². The van der Waals surface area contributed by atoms with Crippen molar-refractivity contribution in [3.63, 3.8) is 0 Å². The molecule has 1 amide bonds. The minimum Gasteiger partial charge on any atom is -0.385 e. The van der Waals surface area contributed by atoms with Crippen molar-refractivity contribution in [2.24, 2.45) is 5.92 Å². The number of hydrogen-bond acceptors (Lipinski definition) is 2. The summed E-state index contributed by atoms with van der Waals surface area (Å²) in [5, 5.41) is 3.28. The van der Waals surface area contributed by atoms with Crippen LogP contribution < -0.4 is 5.32 Å². The zero-order valence-corrected chi connectivity index (χ0v) is 12.4. The standard InChI is InChI=1S/C16H24N2O/c1-5-17-15-9-6-11(2)10-14(15)16(19)18(4)12(3)13-7-8-13/h6,9-10,12-13,17H,5,7-8H2,1-4H3. The highest BCUT2D eigenvalue weighted by Crippen LogP contribution is 2.35. The van der Waals surface area contributed by atoms with Gasteiger partial charge in [-0.2, -0.15) is 0 Å². The van der Waals surface area contributed by atoms with E-state index in [-0.39, 0.29) is 5.91 Å². The van der Waals surface area contributed by atoms with E-state index in [0.717, 1.165) is 23.4 Å². The van der Waals surface area contributed by atoms with Crippen LogP contribution in [0.15, 0.2) is 18.2 Å². The van der Waals surface area contributed by atoms with E-state index in [2.05, 4.69) is 12.2 Å². The zero-order valence-electron chi connectivity index (χ0n) is 12.4. The van der Waals surface area contributed by atoms with Gasteiger partial charge in [-0.3, -0.25) is 4.79 Å². The lowest BCUT2D eigenvalue weighted by atomic mass is 10.1. The van der Waals surface area contributed by atoms with Crippen molar-refractivity contribution in [1.82, 2.24) is 4.90 Å². The molecule has 1 fully saturated rings. The van der Waals surface area contributed by atoms with Gasteiger partial charge in [-0.05, 0) is 51.7 Å². The van der Waals surface area contributed by atoms with Crippen molar-refractivity contribution in [2.75, 3.05) is 18.9 Å². The smallest absolute Gasteiger partial charge is 0.255 e. The maximum atomic E-state index is 12.7. The molecule has 3 heteroatoms. The van der Waals surface area contributed by atoms with Gasteiger partial charge in [-0.15, -0.1) is 0 Å². The number of carbonyl (C=O) groups is 1. The molecule has 0 bridgehead atoms. The van der Waals surface area contributed by atoms with E-state index in [1.54, 1.807) is 0 Å². The Morgan fingerprint density at radius 3 is 2.74 bits per heavy atom. The summed E-state index contributed by atoms with van der Waals surface area (Å²) in [4.78, 5) is 14.5. The van der Waals surface area contributed by atoms with Gasteiger partial charge in [0.05, 0.1) is 5.56 Å². The van der Waals surface area contributed by atoms with Crippen LogP contribution in [0.3, 0.4) is 0 Å². The molecule has 1 N–H and O–H groups in total. The van der Waals surface area contributed by atoms with Crippen LogP contribution in [0.4, 0.5) is 5.69 Å². The first kappa shape index (κ1) is 13.9. The average molecular weight is 260 g/mol. The lowest BCUT2D eigenvalue weighted by Crippen LogP contribution is -2.36. The van der Waals surface area contributed by atoms with Gasteiger partial charge in [0.2, 0.25) is 0 Å². The molecule has 1 saturated carbocycles. The fourth-order valence-electron chi connectivity index (χ4n) is 2.45. The summed E-state index contributed by atoms with van der Waals surface area (Å²) >= 11 is 0. The number of carbonyl (C=O) groups excluding carboxylic acids is 1. The molecule has 104 valence electrons. The fraction of sp³-hybridized carbons (Fsp3) is 0.562. The van der Waals surface area contributed by atoms with Crippen LogP contribution in [0.1, 0.15) is 42.6 Å². The Hall–Kier alpha value is -1.51. The van der Waals surface area contributed by atoms with Gasteiger partial charge in [-0.1, -0.05) is 11.6 Å². The first-order chi connectivity index (χ1) is 9.04. The number of nitrogens with one attached hydrogen (secondary N) is 1. The van der Waals surface area contributed by atoms with Gasteiger partial charge >= 0.3 is 0 Å². The van der Waals surface area contributed by atoms with E-state index in [1.165, 1.54) is 12.8 Å². The van der Waals surface area contributed by atoms with Gasteiger partial charge in [0.15, 0.2) is 0 Å². The molecular weight excluding hydrogens is 236 g/mol. The normalized spacial score (nSPS) is 16.0. The Morgan fingerprint density at radius 2 is 2.16 bits per heavy atom. The quantitative estimate of drug-likeness (QED) is 0.881. The molecule has 1 aromatic rings. The van der Waals surface area contributed by atoms with Crippen LogP contribution in [-0.4, -0.2) is 30.4 Å². The lowest BCUT2D eigenvalue weighted by molar-refractivity contribution is 0.0728. The van der Waals surface area contributed by atoms with Gasteiger partial charge in [0.1, 0.15) is 0 Å². The van der Waals surface area contributed by atoms with Crippen molar-refractivity contribution in [1.29, 1.82) is 0 Å². The van der Waals surface area contributed by atoms with Crippen molar-refractivity contribution in [3.05, 3.63) is 29.3 Å². The summed E-state index contributed by atoms with van der Waals surface area (Å²) in [5.74, 6) is 0.820. The van der Waals surface area contributed by atoms with Crippen molar-refractivity contribution >= 4 is 11.6 Å². The highest BCUT2D eigenvalue weighted by atomic mass is 16.2. The van der Waals surface area contributed by atoms with Gasteiger partial charge in [0, 0.05) is 25.3 Å². The first-order valence-corrected chi connectivity index (χ1v) is 7.16. The van der Waals surface area contributed by atoms with E-state index in [4.69, 9.17) is 0 Å². The van der Waals surface area contributed by atoms with Gasteiger partial charge in [-0.25, -0.2) is 0 Å². The van der Waals surface area contributed by atoms with Crippen molar-refractivity contribution in [3.8, 4) is 0 Å². The predicted molar refractivity (Wildman–Crippen MR) is 79.6 cm³/mol. The molecule has 0 saturated heterocycles. The van der Waals surface area contributed by atoms with Crippen molar-refractivity contribution < 1.29 is 4.79 Å². The molecule has 0 spiro atoms. The second-order valence-corrected chi connectivity index (χ2v) is 5.57. The SMILES string of the molecule is CCNc1ccc(C)cc1C(=O)N(C)C(C)C1CC1. The molecular formula is C16H24N2O. The lowest BCUT2D eigenvalue weighted by Gasteiger charge is -2.26. The second-order valence-electron chi connectivity index (χ2n) is 5.57. The predicted octanol–water partition coefficient (Wildman–Crippen LogP) is 3.30. The largest absolute Gasteiger partial charge is 0.385 e. The minimum absolute atomic E-state index is 0.124. The monoisotopic (exact) mass is 260 g/mol. The summed E-state index contributed by atoms with van der Waals surface area (Å²) < 4.78 is 0. The van der Waals surface area contributed by atoms with Gasteiger partial charge in [0.25, 0.3) is 5.91 Å². The summed E-state index contributed by atoms with van der Waals surface area (Å²) in [6, 6.07) is 6.36. The van der Waals surface area contributed by atoms with Crippen molar-refractivity contribution in [2.45, 2.75) is 39.7 Å². The number of nitrogens with zero attached hydrogens (tertiary/aromatic N) is 1. The number of benzene rings is 1. The summed E-state index contributed by atoms with van der Waals surface area (Å²) in [7, 11) is 1.92. The molecule has 2 rings (SSSR count). The number of aryl methyl sites for hydroxylation is 1. The second kappa shape index (κ2) is 5.64. The van der Waals surface area contributed by atoms with Crippen LogP contribution in [0, 0.1) is 12.8 Å². The fourth-order valence-corrected chi connectivity index (χ4v) is 2.45. The Kier molecular flexibility index (Phi) is 4.13. The Labute approximate surface area is 116 Å². The molecule has 19 heavy (non-hydrogen) atoms. The molecule has 1 aliphatic rings.